The first-order valence-corrected chi connectivity index (χ1v) is 5.15. The summed E-state index contributed by atoms with van der Waals surface area (Å²) in [4.78, 5) is 0. The topological polar surface area (TPSA) is 35.2 Å². The minimum Gasteiger partial charge on any atom is -0.374 e. The van der Waals surface area contributed by atoms with Gasteiger partial charge in [-0.15, -0.1) is 0 Å². The highest BCUT2D eigenvalue weighted by Gasteiger charge is 2.18. The van der Waals surface area contributed by atoms with Crippen LogP contribution in [-0.4, -0.2) is 12.2 Å². The predicted octanol–water partition coefficient (Wildman–Crippen LogP) is 2.78. The highest BCUT2D eigenvalue weighted by molar-refractivity contribution is 5.22. The molecular weight excluding hydrogens is 212 g/mol. The van der Waals surface area contributed by atoms with E-state index in [1.807, 2.05) is 20.8 Å². The SMILES string of the molecule is CC(C)(C)OCC(N)c1cccc(F)c1F. The second-order valence-electron chi connectivity index (χ2n) is 4.67. The fraction of sp³-hybridized carbons (Fsp3) is 0.500. The first kappa shape index (κ1) is 13.1. The van der Waals surface area contributed by atoms with Gasteiger partial charge in [-0.2, -0.15) is 0 Å². The monoisotopic (exact) mass is 229 g/mol. The van der Waals surface area contributed by atoms with Crippen molar-refractivity contribution in [3.8, 4) is 0 Å². The third-order valence-electron chi connectivity index (χ3n) is 2.08. The van der Waals surface area contributed by atoms with Gasteiger partial charge in [0.05, 0.1) is 18.2 Å². The molecule has 0 heterocycles. The van der Waals surface area contributed by atoms with Crippen LogP contribution in [0.2, 0.25) is 0 Å². The molecule has 0 aliphatic carbocycles. The van der Waals surface area contributed by atoms with Gasteiger partial charge in [-0.1, -0.05) is 12.1 Å². The first-order chi connectivity index (χ1) is 7.31. The maximum Gasteiger partial charge on any atom is 0.163 e. The van der Waals surface area contributed by atoms with E-state index in [4.69, 9.17) is 10.5 Å². The molecule has 0 fully saturated rings. The van der Waals surface area contributed by atoms with Gasteiger partial charge < -0.3 is 10.5 Å². The summed E-state index contributed by atoms with van der Waals surface area (Å²) in [5.41, 5.74) is 5.54. The Balaban J connectivity index is 2.73. The Kier molecular flexibility index (Phi) is 3.99. The Morgan fingerprint density at radius 1 is 1.31 bits per heavy atom. The standard InChI is InChI=1S/C12H17F2NO/c1-12(2,3)16-7-10(15)8-5-4-6-9(13)11(8)14/h4-6,10H,7,15H2,1-3H3. The summed E-state index contributed by atoms with van der Waals surface area (Å²) < 4.78 is 31.7. The molecule has 2 N–H and O–H groups in total. The zero-order valence-corrected chi connectivity index (χ0v) is 9.76. The van der Waals surface area contributed by atoms with Crippen molar-refractivity contribution in [2.75, 3.05) is 6.61 Å². The van der Waals surface area contributed by atoms with Gasteiger partial charge in [0.25, 0.3) is 0 Å². The third kappa shape index (κ3) is 3.54. The Morgan fingerprint density at radius 3 is 2.50 bits per heavy atom. The number of hydrogen-bond donors (Lipinski definition) is 1. The lowest BCUT2D eigenvalue weighted by Gasteiger charge is -2.22. The van der Waals surface area contributed by atoms with E-state index in [1.165, 1.54) is 12.1 Å². The molecule has 0 spiro atoms. The van der Waals surface area contributed by atoms with E-state index in [0.717, 1.165) is 6.07 Å². The van der Waals surface area contributed by atoms with E-state index in [1.54, 1.807) is 0 Å². The molecule has 0 saturated carbocycles. The fourth-order valence-electron chi connectivity index (χ4n) is 1.24. The first-order valence-electron chi connectivity index (χ1n) is 5.15. The zero-order chi connectivity index (χ0) is 12.3. The summed E-state index contributed by atoms with van der Waals surface area (Å²) in [6, 6.07) is 3.31. The van der Waals surface area contributed by atoms with Crippen LogP contribution in [0.4, 0.5) is 8.78 Å². The molecule has 0 bridgehead atoms. The van der Waals surface area contributed by atoms with E-state index < -0.39 is 17.7 Å². The van der Waals surface area contributed by atoms with Crippen molar-refractivity contribution in [2.24, 2.45) is 5.73 Å². The van der Waals surface area contributed by atoms with E-state index >= 15 is 0 Å². The van der Waals surface area contributed by atoms with E-state index in [0.29, 0.717) is 0 Å². The Morgan fingerprint density at radius 2 is 1.94 bits per heavy atom. The van der Waals surface area contributed by atoms with E-state index in [2.05, 4.69) is 0 Å². The van der Waals surface area contributed by atoms with Gasteiger partial charge in [0.1, 0.15) is 0 Å². The minimum atomic E-state index is -0.896. The predicted molar refractivity (Wildman–Crippen MR) is 59.0 cm³/mol. The molecule has 0 aromatic heterocycles. The highest BCUT2D eigenvalue weighted by atomic mass is 19.2. The normalized spacial score (nSPS) is 13.9. The van der Waals surface area contributed by atoms with Gasteiger partial charge in [0, 0.05) is 5.56 Å². The maximum absolute atomic E-state index is 13.4. The van der Waals surface area contributed by atoms with Crippen LogP contribution in [0.15, 0.2) is 18.2 Å². The summed E-state index contributed by atoms with van der Waals surface area (Å²) in [5, 5.41) is 0. The number of nitrogens with two attached hydrogens (primary N) is 1. The Bertz CT molecular complexity index is 361. The molecule has 1 aromatic carbocycles. The third-order valence-corrected chi connectivity index (χ3v) is 2.08. The molecule has 0 aliphatic rings. The molecule has 1 rings (SSSR count). The van der Waals surface area contributed by atoms with Gasteiger partial charge in [0.2, 0.25) is 0 Å². The minimum absolute atomic E-state index is 0.143. The van der Waals surface area contributed by atoms with E-state index in [-0.39, 0.29) is 17.8 Å². The van der Waals surface area contributed by atoms with Gasteiger partial charge in [-0.05, 0) is 26.8 Å². The van der Waals surface area contributed by atoms with Crippen LogP contribution in [0.1, 0.15) is 32.4 Å². The van der Waals surface area contributed by atoms with Crippen molar-refractivity contribution in [3.63, 3.8) is 0 Å². The van der Waals surface area contributed by atoms with Gasteiger partial charge in [0.15, 0.2) is 11.6 Å². The zero-order valence-electron chi connectivity index (χ0n) is 9.76. The summed E-state index contributed by atoms with van der Waals surface area (Å²) in [7, 11) is 0. The second-order valence-corrected chi connectivity index (χ2v) is 4.67. The highest BCUT2D eigenvalue weighted by Crippen LogP contribution is 2.19. The Hall–Kier alpha value is -1.00. The van der Waals surface area contributed by atoms with Crippen LogP contribution in [0, 0.1) is 11.6 Å². The van der Waals surface area contributed by atoms with Crippen LogP contribution in [-0.2, 0) is 4.74 Å². The summed E-state index contributed by atoms with van der Waals surface area (Å²) in [5.74, 6) is -1.78. The Labute approximate surface area is 94.4 Å². The lowest BCUT2D eigenvalue weighted by atomic mass is 10.1. The molecule has 2 nitrogen and oxygen atoms in total. The molecule has 1 unspecified atom stereocenters. The van der Waals surface area contributed by atoms with Gasteiger partial charge in [-0.3, -0.25) is 0 Å². The number of ether oxygens (including phenoxy) is 1. The molecule has 0 radical (unpaired) electrons. The van der Waals surface area contributed by atoms with Crippen LogP contribution < -0.4 is 5.73 Å². The summed E-state index contributed by atoms with van der Waals surface area (Å²) >= 11 is 0. The molecule has 0 aliphatic heterocycles. The van der Waals surface area contributed by atoms with Crippen LogP contribution in [0.3, 0.4) is 0 Å². The van der Waals surface area contributed by atoms with Crippen LogP contribution >= 0.6 is 0 Å². The molecule has 0 amide bonds. The number of hydrogen-bond acceptors (Lipinski definition) is 2. The molecule has 90 valence electrons. The molecule has 16 heavy (non-hydrogen) atoms. The average Bonchev–Trinajstić information content (AvgIpc) is 2.17. The van der Waals surface area contributed by atoms with Crippen molar-refractivity contribution in [3.05, 3.63) is 35.4 Å². The van der Waals surface area contributed by atoms with E-state index in [9.17, 15) is 8.78 Å². The number of benzene rings is 1. The lowest BCUT2D eigenvalue weighted by molar-refractivity contribution is -0.0106. The molecule has 0 saturated heterocycles. The molecule has 4 heteroatoms. The average molecular weight is 229 g/mol. The van der Waals surface area contributed by atoms with Gasteiger partial charge >= 0.3 is 0 Å². The van der Waals surface area contributed by atoms with Crippen LogP contribution in [0.25, 0.3) is 0 Å². The van der Waals surface area contributed by atoms with Crippen molar-refractivity contribution in [1.82, 2.24) is 0 Å². The van der Waals surface area contributed by atoms with Crippen molar-refractivity contribution in [2.45, 2.75) is 32.4 Å². The lowest BCUT2D eigenvalue weighted by Crippen LogP contribution is -2.27. The van der Waals surface area contributed by atoms with Crippen LogP contribution in [0.5, 0.6) is 0 Å². The molecule has 1 atom stereocenters. The summed E-state index contributed by atoms with van der Waals surface area (Å²) in [6.45, 7) is 5.79. The van der Waals surface area contributed by atoms with Gasteiger partial charge in [-0.25, -0.2) is 8.78 Å². The van der Waals surface area contributed by atoms with Crippen molar-refractivity contribution < 1.29 is 13.5 Å². The number of rotatable bonds is 3. The second kappa shape index (κ2) is 4.89. The summed E-state index contributed by atoms with van der Waals surface area (Å²) in [6.07, 6.45) is 0. The molecule has 1 aromatic rings. The molecular formula is C12H17F2NO. The quantitative estimate of drug-likeness (QED) is 0.865. The largest absolute Gasteiger partial charge is 0.374 e. The van der Waals surface area contributed by atoms with Crippen molar-refractivity contribution in [1.29, 1.82) is 0 Å². The van der Waals surface area contributed by atoms with Crippen molar-refractivity contribution >= 4 is 0 Å². The smallest absolute Gasteiger partial charge is 0.163 e. The fourth-order valence-corrected chi connectivity index (χ4v) is 1.24. The number of halogens is 2. The maximum atomic E-state index is 13.4.